The lowest BCUT2D eigenvalue weighted by molar-refractivity contribution is -0.122. The standard InChI is InChI=1S/C16H19Cl3N2O2/c17-10-6-11(18)15(22)14(12(10)19)21-16(23)9-4-7-2-1-3-8(5-9)13(7)20/h6-9,13,22H,1-5,20H2,(H,21,23). The Labute approximate surface area is 150 Å². The van der Waals surface area contributed by atoms with Crippen molar-refractivity contribution in [3.63, 3.8) is 0 Å². The van der Waals surface area contributed by atoms with Gasteiger partial charge in [-0.15, -0.1) is 0 Å². The Balaban J connectivity index is 1.78. The highest BCUT2D eigenvalue weighted by Gasteiger charge is 2.40. The summed E-state index contributed by atoms with van der Waals surface area (Å²) in [6.45, 7) is 0. The number of hydrogen-bond acceptors (Lipinski definition) is 3. The average molecular weight is 378 g/mol. The summed E-state index contributed by atoms with van der Waals surface area (Å²) in [5, 5.41) is 13.1. The summed E-state index contributed by atoms with van der Waals surface area (Å²) in [7, 11) is 0. The topological polar surface area (TPSA) is 75.4 Å². The van der Waals surface area contributed by atoms with Gasteiger partial charge < -0.3 is 16.2 Å². The fourth-order valence-electron chi connectivity index (χ4n) is 3.93. The number of nitrogens with one attached hydrogen (secondary N) is 1. The summed E-state index contributed by atoms with van der Waals surface area (Å²) >= 11 is 17.9. The average Bonchev–Trinajstić information content (AvgIpc) is 2.49. The summed E-state index contributed by atoms with van der Waals surface area (Å²) in [6.07, 6.45) is 4.90. The Morgan fingerprint density at radius 3 is 2.39 bits per heavy atom. The van der Waals surface area contributed by atoms with Crippen LogP contribution in [0.1, 0.15) is 32.1 Å². The van der Waals surface area contributed by atoms with Crippen LogP contribution in [0.2, 0.25) is 15.1 Å². The van der Waals surface area contributed by atoms with E-state index in [1.807, 2.05) is 0 Å². The first-order valence-electron chi connectivity index (χ1n) is 7.81. The van der Waals surface area contributed by atoms with E-state index < -0.39 is 0 Å². The van der Waals surface area contributed by atoms with E-state index >= 15 is 0 Å². The maximum absolute atomic E-state index is 12.6. The quantitative estimate of drug-likeness (QED) is 0.526. The minimum Gasteiger partial charge on any atom is -0.504 e. The molecule has 2 unspecified atom stereocenters. The normalized spacial score (nSPS) is 30.1. The third-order valence-electron chi connectivity index (χ3n) is 5.18. The fraction of sp³-hybridized carbons (Fsp3) is 0.562. The molecule has 126 valence electrons. The van der Waals surface area contributed by atoms with Gasteiger partial charge in [0.2, 0.25) is 5.91 Å². The summed E-state index contributed by atoms with van der Waals surface area (Å²) in [4.78, 5) is 12.6. The van der Waals surface area contributed by atoms with Gasteiger partial charge in [0, 0.05) is 12.0 Å². The molecule has 2 aliphatic carbocycles. The van der Waals surface area contributed by atoms with E-state index in [-0.39, 0.29) is 44.4 Å². The molecule has 2 saturated carbocycles. The van der Waals surface area contributed by atoms with Gasteiger partial charge in [0.1, 0.15) is 5.69 Å². The van der Waals surface area contributed by atoms with Crippen molar-refractivity contribution >= 4 is 46.4 Å². The molecule has 2 bridgehead atoms. The number of rotatable bonds is 2. The van der Waals surface area contributed by atoms with E-state index in [2.05, 4.69) is 5.32 Å². The molecule has 0 radical (unpaired) electrons. The van der Waals surface area contributed by atoms with Crippen molar-refractivity contribution in [2.45, 2.75) is 38.1 Å². The molecule has 1 aromatic carbocycles. The van der Waals surface area contributed by atoms with Crippen LogP contribution in [0.5, 0.6) is 5.75 Å². The molecule has 1 aromatic rings. The van der Waals surface area contributed by atoms with E-state index in [4.69, 9.17) is 40.5 Å². The molecule has 0 saturated heterocycles. The highest BCUT2D eigenvalue weighted by atomic mass is 35.5. The van der Waals surface area contributed by atoms with Gasteiger partial charge in [-0.05, 0) is 43.6 Å². The summed E-state index contributed by atoms with van der Waals surface area (Å²) in [5.41, 5.74) is 6.34. The zero-order chi connectivity index (χ0) is 16.7. The number of hydrogen-bond donors (Lipinski definition) is 3. The molecular formula is C16H19Cl3N2O2. The third kappa shape index (κ3) is 3.27. The van der Waals surface area contributed by atoms with E-state index in [0.29, 0.717) is 11.8 Å². The van der Waals surface area contributed by atoms with Crippen molar-refractivity contribution in [3.05, 3.63) is 21.1 Å². The number of phenolic OH excluding ortho intramolecular Hbond substituents is 1. The molecular weight excluding hydrogens is 359 g/mol. The molecule has 4 N–H and O–H groups in total. The Hall–Kier alpha value is -0.680. The van der Waals surface area contributed by atoms with Crippen LogP contribution in [-0.4, -0.2) is 17.1 Å². The maximum Gasteiger partial charge on any atom is 0.227 e. The van der Waals surface area contributed by atoms with Crippen LogP contribution in [-0.2, 0) is 4.79 Å². The molecule has 4 nitrogen and oxygen atoms in total. The molecule has 0 aromatic heterocycles. The lowest BCUT2D eigenvalue weighted by atomic mass is 9.65. The molecule has 23 heavy (non-hydrogen) atoms. The smallest absolute Gasteiger partial charge is 0.227 e. The van der Waals surface area contributed by atoms with Crippen LogP contribution < -0.4 is 11.1 Å². The lowest BCUT2D eigenvalue weighted by Gasteiger charge is -2.43. The Bertz CT molecular complexity index is 598. The molecule has 0 spiro atoms. The van der Waals surface area contributed by atoms with Crippen molar-refractivity contribution in [3.8, 4) is 5.75 Å². The third-order valence-corrected chi connectivity index (χ3v) is 6.25. The zero-order valence-electron chi connectivity index (χ0n) is 12.5. The Kier molecular flexibility index (Phi) is 4.98. The van der Waals surface area contributed by atoms with Crippen molar-refractivity contribution < 1.29 is 9.90 Å². The van der Waals surface area contributed by atoms with Crippen LogP contribution in [0, 0.1) is 17.8 Å². The number of halogens is 3. The first-order chi connectivity index (χ1) is 10.9. The van der Waals surface area contributed by atoms with Gasteiger partial charge in [0.15, 0.2) is 5.75 Å². The molecule has 0 heterocycles. The van der Waals surface area contributed by atoms with E-state index in [1.54, 1.807) is 0 Å². The van der Waals surface area contributed by atoms with Crippen LogP contribution in [0.15, 0.2) is 6.07 Å². The number of aromatic hydroxyl groups is 1. The molecule has 1 amide bonds. The minimum atomic E-state index is -0.262. The molecule has 2 atom stereocenters. The SMILES string of the molecule is NC1C2CCCC1CC(C(=O)Nc1c(O)c(Cl)cc(Cl)c1Cl)C2. The zero-order valence-corrected chi connectivity index (χ0v) is 14.8. The number of carbonyl (C=O) groups excluding carboxylic acids is 1. The number of amides is 1. The monoisotopic (exact) mass is 376 g/mol. The van der Waals surface area contributed by atoms with E-state index in [1.165, 1.54) is 12.5 Å². The number of phenols is 1. The van der Waals surface area contributed by atoms with Gasteiger partial charge in [0.25, 0.3) is 0 Å². The van der Waals surface area contributed by atoms with Gasteiger partial charge in [-0.25, -0.2) is 0 Å². The van der Waals surface area contributed by atoms with Gasteiger partial charge in [-0.1, -0.05) is 41.2 Å². The second-order valence-electron chi connectivity index (χ2n) is 6.56. The molecule has 0 aliphatic heterocycles. The first-order valence-corrected chi connectivity index (χ1v) is 8.94. The van der Waals surface area contributed by atoms with Crippen LogP contribution in [0.4, 0.5) is 5.69 Å². The predicted molar refractivity (Wildman–Crippen MR) is 93.3 cm³/mol. The number of carbonyl (C=O) groups is 1. The summed E-state index contributed by atoms with van der Waals surface area (Å²) in [6, 6.07) is 1.55. The van der Waals surface area contributed by atoms with Crippen molar-refractivity contribution in [1.82, 2.24) is 0 Å². The number of benzene rings is 1. The van der Waals surface area contributed by atoms with Crippen molar-refractivity contribution in [1.29, 1.82) is 0 Å². The molecule has 2 aliphatic rings. The van der Waals surface area contributed by atoms with Crippen LogP contribution >= 0.6 is 34.8 Å². The fourth-order valence-corrected chi connectivity index (χ4v) is 4.58. The Morgan fingerprint density at radius 2 is 1.78 bits per heavy atom. The first kappa shape index (κ1) is 17.2. The van der Waals surface area contributed by atoms with Gasteiger partial charge in [-0.3, -0.25) is 4.79 Å². The van der Waals surface area contributed by atoms with Gasteiger partial charge >= 0.3 is 0 Å². The number of fused-ring (bicyclic) bond motifs is 2. The largest absolute Gasteiger partial charge is 0.504 e. The molecule has 2 fully saturated rings. The lowest BCUT2D eigenvalue weighted by Crippen LogP contribution is -2.48. The van der Waals surface area contributed by atoms with Crippen LogP contribution in [0.3, 0.4) is 0 Å². The highest BCUT2D eigenvalue weighted by molar-refractivity contribution is 6.46. The second kappa shape index (κ2) is 6.67. The van der Waals surface area contributed by atoms with Crippen LogP contribution in [0.25, 0.3) is 0 Å². The van der Waals surface area contributed by atoms with E-state index in [9.17, 15) is 9.90 Å². The maximum atomic E-state index is 12.6. The van der Waals surface area contributed by atoms with Gasteiger partial charge in [0.05, 0.1) is 15.1 Å². The number of anilines is 1. The Morgan fingerprint density at radius 1 is 1.17 bits per heavy atom. The molecule has 3 rings (SSSR count). The summed E-state index contributed by atoms with van der Waals surface area (Å²) < 4.78 is 0. The highest BCUT2D eigenvalue weighted by Crippen LogP contribution is 2.45. The summed E-state index contributed by atoms with van der Waals surface area (Å²) in [5.74, 6) is 0.236. The van der Waals surface area contributed by atoms with Crippen molar-refractivity contribution in [2.24, 2.45) is 23.5 Å². The van der Waals surface area contributed by atoms with Gasteiger partial charge in [-0.2, -0.15) is 0 Å². The van der Waals surface area contributed by atoms with E-state index in [0.717, 1.165) is 25.7 Å². The second-order valence-corrected chi connectivity index (χ2v) is 7.76. The van der Waals surface area contributed by atoms with Crippen molar-refractivity contribution in [2.75, 3.05) is 5.32 Å². The molecule has 7 heteroatoms. The minimum absolute atomic E-state index is 0.0530. The predicted octanol–water partition coefficient (Wildman–Crippen LogP) is 4.44. The number of nitrogens with two attached hydrogens (primary N) is 1.